The van der Waals surface area contributed by atoms with E-state index in [1.54, 1.807) is 6.92 Å². The number of hydrogen-bond acceptors (Lipinski definition) is 3. The van der Waals surface area contributed by atoms with Crippen LogP contribution in [0.25, 0.3) is 0 Å². The summed E-state index contributed by atoms with van der Waals surface area (Å²) in [6.07, 6.45) is -1.19. The third-order valence-electron chi connectivity index (χ3n) is 1.88. The fraction of sp³-hybridized carbons (Fsp3) is 0.400. The van der Waals surface area contributed by atoms with Gasteiger partial charge in [0.05, 0.1) is 11.1 Å². The van der Waals surface area contributed by atoms with Crippen LogP contribution in [0.4, 0.5) is 4.39 Å². The van der Waals surface area contributed by atoms with Crippen molar-refractivity contribution in [1.82, 2.24) is 0 Å². The van der Waals surface area contributed by atoms with Crippen molar-refractivity contribution in [2.45, 2.75) is 13.0 Å². The van der Waals surface area contributed by atoms with Crippen LogP contribution in [0, 0.1) is 0 Å². The Bertz CT molecular complexity index is 344. The average Bonchev–Trinajstić information content (AvgIpc) is 2.23. The first-order valence-electron chi connectivity index (χ1n) is 4.49. The Balaban J connectivity index is 3.11. The fourth-order valence-electron chi connectivity index (χ4n) is 1.14. The van der Waals surface area contributed by atoms with E-state index >= 15 is 0 Å². The highest BCUT2D eigenvalue weighted by Gasteiger charge is 2.14. The van der Waals surface area contributed by atoms with Crippen molar-refractivity contribution in [3.63, 3.8) is 0 Å². The zero-order valence-electron chi connectivity index (χ0n) is 8.20. The molecule has 0 saturated carbocycles. The van der Waals surface area contributed by atoms with E-state index in [-0.39, 0.29) is 11.5 Å². The van der Waals surface area contributed by atoms with E-state index in [0.717, 1.165) is 0 Å². The van der Waals surface area contributed by atoms with Gasteiger partial charge in [-0.25, -0.2) is 4.39 Å². The Morgan fingerprint density at radius 3 is 2.73 bits per heavy atom. The average molecular weight is 279 g/mol. The molecule has 0 radical (unpaired) electrons. The number of halogens is 2. The molecule has 0 spiro atoms. The maximum absolute atomic E-state index is 12.3. The molecular formula is C10H12BrFO3. The lowest BCUT2D eigenvalue weighted by Crippen LogP contribution is -2.01. The van der Waals surface area contributed by atoms with Gasteiger partial charge in [0.15, 0.2) is 11.5 Å². The van der Waals surface area contributed by atoms with Gasteiger partial charge in [-0.3, -0.25) is 0 Å². The second-order valence-corrected chi connectivity index (χ2v) is 3.81. The van der Waals surface area contributed by atoms with Crippen LogP contribution < -0.4 is 4.74 Å². The van der Waals surface area contributed by atoms with Crippen LogP contribution in [-0.4, -0.2) is 23.5 Å². The standard InChI is InChI=1S/C10H12BrFO3/c1-2-15-9-4-6(8(13)5-12)3-7(11)10(9)14/h3-4,8,13-14H,2,5H2,1H3. The number of aromatic hydroxyl groups is 1. The maximum atomic E-state index is 12.3. The molecule has 0 heterocycles. The molecule has 84 valence electrons. The molecular weight excluding hydrogens is 267 g/mol. The van der Waals surface area contributed by atoms with Gasteiger partial charge in [0.1, 0.15) is 12.8 Å². The van der Waals surface area contributed by atoms with Gasteiger partial charge in [-0.1, -0.05) is 0 Å². The molecule has 0 aromatic heterocycles. The number of aliphatic hydroxyl groups is 1. The lowest BCUT2D eigenvalue weighted by Gasteiger charge is -2.12. The highest BCUT2D eigenvalue weighted by Crippen LogP contribution is 2.37. The van der Waals surface area contributed by atoms with Crippen LogP contribution >= 0.6 is 15.9 Å². The predicted octanol–water partition coefficient (Wildman–Crippen LogP) is 2.56. The number of hydrogen-bond donors (Lipinski definition) is 2. The number of ether oxygens (including phenoxy) is 1. The van der Waals surface area contributed by atoms with E-state index in [0.29, 0.717) is 16.6 Å². The minimum Gasteiger partial charge on any atom is -0.503 e. The van der Waals surface area contributed by atoms with Crippen molar-refractivity contribution in [3.05, 3.63) is 22.2 Å². The van der Waals surface area contributed by atoms with Crippen LogP contribution in [0.1, 0.15) is 18.6 Å². The monoisotopic (exact) mass is 278 g/mol. The molecule has 15 heavy (non-hydrogen) atoms. The summed E-state index contributed by atoms with van der Waals surface area (Å²) in [5.41, 5.74) is 0.366. The normalized spacial score (nSPS) is 12.5. The smallest absolute Gasteiger partial charge is 0.172 e. The lowest BCUT2D eigenvalue weighted by molar-refractivity contribution is 0.141. The number of phenols is 1. The summed E-state index contributed by atoms with van der Waals surface area (Å²) in [4.78, 5) is 0. The van der Waals surface area contributed by atoms with Gasteiger partial charge in [0, 0.05) is 0 Å². The maximum Gasteiger partial charge on any atom is 0.172 e. The number of aliphatic hydroxyl groups excluding tert-OH is 1. The molecule has 1 aromatic carbocycles. The van der Waals surface area contributed by atoms with E-state index in [4.69, 9.17) is 4.74 Å². The predicted molar refractivity (Wildman–Crippen MR) is 57.9 cm³/mol. The van der Waals surface area contributed by atoms with Gasteiger partial charge in [-0.15, -0.1) is 0 Å². The minimum absolute atomic E-state index is 0.0494. The van der Waals surface area contributed by atoms with Crippen LogP contribution in [-0.2, 0) is 0 Å². The molecule has 1 atom stereocenters. The first-order valence-corrected chi connectivity index (χ1v) is 5.28. The van der Waals surface area contributed by atoms with Crippen LogP contribution in [0.15, 0.2) is 16.6 Å². The van der Waals surface area contributed by atoms with E-state index in [1.807, 2.05) is 0 Å². The number of benzene rings is 1. The Labute approximate surface area is 95.6 Å². The molecule has 1 unspecified atom stereocenters. The van der Waals surface area contributed by atoms with Crippen LogP contribution in [0.2, 0.25) is 0 Å². The largest absolute Gasteiger partial charge is 0.503 e. The summed E-state index contributed by atoms with van der Waals surface area (Å²) >= 11 is 3.10. The summed E-state index contributed by atoms with van der Waals surface area (Å²) in [6.45, 7) is 1.28. The first kappa shape index (κ1) is 12.3. The van der Waals surface area contributed by atoms with E-state index < -0.39 is 12.8 Å². The van der Waals surface area contributed by atoms with Crippen molar-refractivity contribution >= 4 is 15.9 Å². The number of alkyl halides is 1. The Kier molecular flexibility index (Phi) is 4.35. The van der Waals surface area contributed by atoms with Crippen molar-refractivity contribution in [1.29, 1.82) is 0 Å². The molecule has 1 aromatic rings. The zero-order chi connectivity index (χ0) is 11.4. The SMILES string of the molecule is CCOc1cc(C(O)CF)cc(Br)c1O. The summed E-state index contributed by atoms with van der Waals surface area (Å²) in [5.74, 6) is 0.182. The second-order valence-electron chi connectivity index (χ2n) is 2.95. The Morgan fingerprint density at radius 1 is 1.53 bits per heavy atom. The minimum atomic E-state index is -1.19. The molecule has 0 bridgehead atoms. The summed E-state index contributed by atoms with van der Waals surface area (Å²) in [7, 11) is 0. The molecule has 1 rings (SSSR count). The summed E-state index contributed by atoms with van der Waals surface area (Å²) < 4.78 is 17.8. The van der Waals surface area contributed by atoms with Crippen molar-refractivity contribution in [2.75, 3.05) is 13.3 Å². The third-order valence-corrected chi connectivity index (χ3v) is 2.49. The van der Waals surface area contributed by atoms with Crippen molar-refractivity contribution < 1.29 is 19.3 Å². The molecule has 0 aliphatic carbocycles. The van der Waals surface area contributed by atoms with E-state index in [9.17, 15) is 14.6 Å². The molecule has 0 aliphatic heterocycles. The molecule has 0 aliphatic rings. The zero-order valence-corrected chi connectivity index (χ0v) is 9.79. The third kappa shape index (κ3) is 2.82. The van der Waals surface area contributed by atoms with Gasteiger partial charge < -0.3 is 14.9 Å². The Hall–Kier alpha value is -0.810. The van der Waals surface area contributed by atoms with E-state index in [2.05, 4.69) is 15.9 Å². The van der Waals surface area contributed by atoms with Crippen molar-refractivity contribution in [2.24, 2.45) is 0 Å². The fourth-order valence-corrected chi connectivity index (χ4v) is 1.60. The Morgan fingerprint density at radius 2 is 2.20 bits per heavy atom. The van der Waals surface area contributed by atoms with Gasteiger partial charge in [-0.2, -0.15) is 0 Å². The first-order chi connectivity index (χ1) is 7.10. The molecule has 3 nitrogen and oxygen atoms in total. The molecule has 0 saturated heterocycles. The molecule has 2 N–H and O–H groups in total. The second kappa shape index (κ2) is 5.32. The number of rotatable bonds is 4. The van der Waals surface area contributed by atoms with Gasteiger partial charge in [-0.05, 0) is 40.5 Å². The van der Waals surface area contributed by atoms with Crippen molar-refractivity contribution in [3.8, 4) is 11.5 Å². The highest BCUT2D eigenvalue weighted by molar-refractivity contribution is 9.10. The van der Waals surface area contributed by atoms with Crippen LogP contribution in [0.5, 0.6) is 11.5 Å². The van der Waals surface area contributed by atoms with Gasteiger partial charge in [0.25, 0.3) is 0 Å². The number of phenolic OH excluding ortho intramolecular Hbond substituents is 1. The van der Waals surface area contributed by atoms with Crippen LogP contribution in [0.3, 0.4) is 0 Å². The molecule has 0 amide bonds. The molecule has 0 fully saturated rings. The topological polar surface area (TPSA) is 49.7 Å². The lowest BCUT2D eigenvalue weighted by atomic mass is 10.1. The molecule has 5 heteroatoms. The quantitative estimate of drug-likeness (QED) is 0.890. The van der Waals surface area contributed by atoms with Gasteiger partial charge in [0.2, 0.25) is 0 Å². The van der Waals surface area contributed by atoms with E-state index in [1.165, 1.54) is 12.1 Å². The highest BCUT2D eigenvalue weighted by atomic mass is 79.9. The summed E-state index contributed by atoms with van der Waals surface area (Å²) in [5, 5.41) is 18.9. The van der Waals surface area contributed by atoms with Gasteiger partial charge >= 0.3 is 0 Å². The summed E-state index contributed by atoms with van der Waals surface area (Å²) in [6, 6.07) is 2.88.